The van der Waals surface area contributed by atoms with E-state index in [9.17, 15) is 13.2 Å². The van der Waals surface area contributed by atoms with Crippen LogP contribution >= 0.6 is 0 Å². The lowest BCUT2D eigenvalue weighted by Gasteiger charge is -2.40. The van der Waals surface area contributed by atoms with E-state index in [1.807, 2.05) is 4.90 Å². The van der Waals surface area contributed by atoms with Gasteiger partial charge in [-0.2, -0.15) is 4.31 Å². The van der Waals surface area contributed by atoms with E-state index in [1.54, 1.807) is 4.31 Å². The molecule has 3 saturated heterocycles. The Hall–Kier alpha value is -0.660. The van der Waals surface area contributed by atoms with Gasteiger partial charge in [-0.25, -0.2) is 8.42 Å². The maximum absolute atomic E-state index is 12.4. The number of ether oxygens (including phenoxy) is 1. The summed E-state index contributed by atoms with van der Waals surface area (Å²) in [5, 5.41) is -0.140. The number of hydrogen-bond acceptors (Lipinski definition) is 4. The number of carbonyl (C=O) groups excluding carboxylic acids is 1. The van der Waals surface area contributed by atoms with Crippen LogP contribution < -0.4 is 0 Å². The second-order valence-corrected chi connectivity index (χ2v) is 9.80. The summed E-state index contributed by atoms with van der Waals surface area (Å²) in [5.41, 5.74) is -0.312. The highest BCUT2D eigenvalue weighted by atomic mass is 32.2. The largest absolute Gasteiger partial charge is 0.369 e. The predicted molar refractivity (Wildman–Crippen MR) is 85.4 cm³/mol. The lowest BCUT2D eigenvalue weighted by atomic mass is 9.90. The fourth-order valence-corrected chi connectivity index (χ4v) is 6.21. The van der Waals surface area contributed by atoms with Crippen LogP contribution in [0.3, 0.4) is 0 Å². The van der Waals surface area contributed by atoms with Crippen molar-refractivity contribution in [1.82, 2.24) is 9.21 Å². The molecule has 3 heterocycles. The second kappa shape index (κ2) is 5.70. The zero-order chi connectivity index (χ0) is 16.1. The molecule has 23 heavy (non-hydrogen) atoms. The van der Waals surface area contributed by atoms with Crippen molar-refractivity contribution in [3.63, 3.8) is 0 Å². The normalized spacial score (nSPS) is 36.3. The van der Waals surface area contributed by atoms with Gasteiger partial charge in [-0.1, -0.05) is 0 Å². The molecule has 3 aliphatic heterocycles. The van der Waals surface area contributed by atoms with Crippen molar-refractivity contribution in [2.45, 2.75) is 68.3 Å². The van der Waals surface area contributed by atoms with Crippen LogP contribution in [0.2, 0.25) is 0 Å². The first-order valence-corrected chi connectivity index (χ1v) is 10.4. The van der Waals surface area contributed by atoms with Gasteiger partial charge in [-0.15, -0.1) is 0 Å². The van der Waals surface area contributed by atoms with E-state index in [0.717, 1.165) is 51.5 Å². The van der Waals surface area contributed by atoms with E-state index in [1.165, 1.54) is 0 Å². The van der Waals surface area contributed by atoms with Crippen LogP contribution in [0.5, 0.6) is 0 Å². The Kier molecular flexibility index (Phi) is 3.93. The number of rotatable bonds is 4. The van der Waals surface area contributed by atoms with Crippen molar-refractivity contribution in [3.05, 3.63) is 0 Å². The first-order chi connectivity index (χ1) is 11.0. The van der Waals surface area contributed by atoms with Gasteiger partial charge in [0, 0.05) is 32.6 Å². The Morgan fingerprint density at radius 2 is 1.96 bits per heavy atom. The smallest absolute Gasteiger partial charge is 0.222 e. The maximum Gasteiger partial charge on any atom is 0.222 e. The quantitative estimate of drug-likeness (QED) is 0.768. The van der Waals surface area contributed by atoms with E-state index in [0.29, 0.717) is 26.1 Å². The lowest BCUT2D eigenvalue weighted by molar-refractivity contribution is -0.141. The van der Waals surface area contributed by atoms with E-state index >= 15 is 0 Å². The van der Waals surface area contributed by atoms with Crippen molar-refractivity contribution in [1.29, 1.82) is 0 Å². The van der Waals surface area contributed by atoms with Gasteiger partial charge >= 0.3 is 0 Å². The average molecular weight is 342 g/mol. The third kappa shape index (κ3) is 3.03. The highest BCUT2D eigenvalue weighted by Gasteiger charge is 2.50. The third-order valence-electron chi connectivity index (χ3n) is 5.76. The van der Waals surface area contributed by atoms with Gasteiger partial charge < -0.3 is 9.64 Å². The molecule has 1 aliphatic carbocycles. The number of sulfonamides is 1. The van der Waals surface area contributed by atoms with Gasteiger partial charge in [0.15, 0.2) is 0 Å². The molecule has 7 heteroatoms. The second-order valence-electron chi connectivity index (χ2n) is 7.59. The summed E-state index contributed by atoms with van der Waals surface area (Å²) < 4.78 is 32.9. The van der Waals surface area contributed by atoms with Crippen molar-refractivity contribution < 1.29 is 17.9 Å². The van der Waals surface area contributed by atoms with E-state index in [4.69, 9.17) is 4.74 Å². The minimum atomic E-state index is -3.10. The van der Waals surface area contributed by atoms with Crippen molar-refractivity contribution in [2.75, 3.05) is 26.2 Å². The van der Waals surface area contributed by atoms with Gasteiger partial charge in [0.25, 0.3) is 0 Å². The predicted octanol–water partition coefficient (Wildman–Crippen LogP) is 1.11. The molecule has 1 amide bonds. The summed E-state index contributed by atoms with van der Waals surface area (Å²) in [7, 11) is -3.10. The van der Waals surface area contributed by atoms with Gasteiger partial charge in [-0.3, -0.25) is 4.79 Å². The number of amides is 1. The molecule has 0 bridgehead atoms. The topological polar surface area (TPSA) is 66.9 Å². The number of likely N-dealkylation sites (tertiary alicyclic amines) is 1. The van der Waals surface area contributed by atoms with Crippen LogP contribution in [-0.4, -0.2) is 66.7 Å². The maximum atomic E-state index is 12.4. The summed E-state index contributed by atoms with van der Waals surface area (Å²) in [5.74, 6) is 0.234. The Morgan fingerprint density at radius 1 is 1.13 bits per heavy atom. The molecule has 0 unspecified atom stereocenters. The molecule has 4 aliphatic rings. The SMILES string of the molecule is O=C1CCCN1C[C@@H]1CCC[C@]2(CCN(S(=O)(=O)C3CC3)C2)O1. The fourth-order valence-electron chi connectivity index (χ4n) is 4.30. The third-order valence-corrected chi connectivity index (χ3v) is 8.10. The van der Waals surface area contributed by atoms with Crippen LogP contribution in [0.15, 0.2) is 0 Å². The highest BCUT2D eigenvalue weighted by Crippen LogP contribution is 2.41. The van der Waals surface area contributed by atoms with Crippen molar-refractivity contribution >= 4 is 15.9 Å². The molecular weight excluding hydrogens is 316 g/mol. The molecule has 130 valence electrons. The first-order valence-electron chi connectivity index (χ1n) is 8.93. The summed E-state index contributed by atoms with van der Waals surface area (Å²) in [6, 6.07) is 0. The van der Waals surface area contributed by atoms with E-state index in [2.05, 4.69) is 0 Å². The molecule has 1 spiro atoms. The number of carbonyl (C=O) groups is 1. The van der Waals surface area contributed by atoms with Gasteiger partial charge in [0.05, 0.1) is 17.0 Å². The standard InChI is InChI=1S/C16H26N2O4S/c19-15-4-2-9-17(15)11-13-3-1-7-16(22-13)8-10-18(12-16)23(20,21)14-5-6-14/h13-14H,1-12H2/t13-,16+/m0/s1. The molecule has 4 fully saturated rings. The lowest BCUT2D eigenvalue weighted by Crippen LogP contribution is -2.47. The molecule has 0 aromatic heterocycles. The fraction of sp³-hybridized carbons (Fsp3) is 0.938. The molecule has 0 aromatic carbocycles. The van der Waals surface area contributed by atoms with Gasteiger partial charge in [-0.05, 0) is 44.9 Å². The Balaban J connectivity index is 1.40. The average Bonchev–Trinajstić information content (AvgIpc) is 3.21. The van der Waals surface area contributed by atoms with Crippen molar-refractivity contribution in [3.8, 4) is 0 Å². The minimum Gasteiger partial charge on any atom is -0.369 e. The monoisotopic (exact) mass is 342 g/mol. The van der Waals surface area contributed by atoms with Gasteiger partial charge in [0.1, 0.15) is 0 Å². The van der Waals surface area contributed by atoms with E-state index < -0.39 is 10.0 Å². The molecule has 6 nitrogen and oxygen atoms in total. The molecule has 4 rings (SSSR count). The highest BCUT2D eigenvalue weighted by molar-refractivity contribution is 7.90. The zero-order valence-electron chi connectivity index (χ0n) is 13.6. The van der Waals surface area contributed by atoms with Crippen LogP contribution in [0, 0.1) is 0 Å². The summed E-state index contributed by atoms with van der Waals surface area (Å²) in [4.78, 5) is 13.7. The molecule has 1 saturated carbocycles. The molecule has 2 atom stereocenters. The summed E-state index contributed by atoms with van der Waals surface area (Å²) >= 11 is 0. The van der Waals surface area contributed by atoms with Crippen LogP contribution in [-0.2, 0) is 19.6 Å². The van der Waals surface area contributed by atoms with E-state index in [-0.39, 0.29) is 22.9 Å². The van der Waals surface area contributed by atoms with Crippen LogP contribution in [0.4, 0.5) is 0 Å². The number of hydrogen-bond donors (Lipinski definition) is 0. The Bertz CT molecular complexity index is 589. The zero-order valence-corrected chi connectivity index (χ0v) is 14.4. The Morgan fingerprint density at radius 3 is 2.65 bits per heavy atom. The molecule has 0 N–H and O–H groups in total. The first kappa shape index (κ1) is 15.8. The summed E-state index contributed by atoms with van der Waals surface area (Å²) in [6.45, 7) is 2.62. The molecule has 0 radical (unpaired) electrons. The number of nitrogens with zero attached hydrogens (tertiary/aromatic N) is 2. The molecule has 0 aromatic rings. The van der Waals surface area contributed by atoms with Gasteiger partial charge in [0.2, 0.25) is 15.9 Å². The summed E-state index contributed by atoms with van der Waals surface area (Å²) in [6.07, 6.45) is 7.06. The molecular formula is C16H26N2O4S. The van der Waals surface area contributed by atoms with Crippen LogP contribution in [0.25, 0.3) is 0 Å². The van der Waals surface area contributed by atoms with Crippen LogP contribution in [0.1, 0.15) is 51.4 Å². The minimum absolute atomic E-state index is 0.0642. The van der Waals surface area contributed by atoms with Crippen molar-refractivity contribution in [2.24, 2.45) is 0 Å². The Labute approximate surface area is 138 Å².